The molecule has 1 heterocycles. The van der Waals surface area contributed by atoms with Crippen LogP contribution in [0.5, 0.6) is 0 Å². The monoisotopic (exact) mass is 335 g/mol. The number of sulfonamides is 1. The fourth-order valence-electron chi connectivity index (χ4n) is 3.43. The molecule has 1 aromatic carbocycles. The van der Waals surface area contributed by atoms with Crippen molar-refractivity contribution >= 4 is 21.6 Å². The van der Waals surface area contributed by atoms with E-state index in [1.807, 2.05) is 0 Å². The maximum Gasteiger partial charge on any atom is 0.246 e. The molecule has 1 aliphatic carbocycles. The van der Waals surface area contributed by atoms with Crippen LogP contribution in [-0.4, -0.2) is 25.8 Å². The zero-order chi connectivity index (χ0) is 15.2. The first-order valence-corrected chi connectivity index (χ1v) is 8.95. The highest BCUT2D eigenvalue weighted by atomic mass is 35.5. The summed E-state index contributed by atoms with van der Waals surface area (Å²) in [6.45, 7) is 0.861. The van der Waals surface area contributed by atoms with E-state index in [0.717, 1.165) is 31.4 Å². The summed E-state index contributed by atoms with van der Waals surface area (Å²) in [7, 11) is -3.93. The van der Waals surface area contributed by atoms with E-state index in [-0.39, 0.29) is 0 Å². The van der Waals surface area contributed by atoms with Crippen molar-refractivity contribution in [2.45, 2.75) is 30.0 Å². The lowest BCUT2D eigenvalue weighted by Crippen LogP contribution is -2.30. The van der Waals surface area contributed by atoms with Crippen LogP contribution in [0.15, 0.2) is 17.0 Å². The largest absolute Gasteiger partial charge is 0.246 e. The third-order valence-corrected chi connectivity index (χ3v) is 6.71. The maximum atomic E-state index is 14.2. The third-order valence-electron chi connectivity index (χ3n) is 4.59. The smallest absolute Gasteiger partial charge is 0.207 e. The average molecular weight is 336 g/mol. The number of nitrogens with zero attached hydrogens (tertiary/aromatic N) is 1. The molecule has 1 aliphatic heterocycles. The topological polar surface area (TPSA) is 37.4 Å². The molecule has 0 amide bonds. The Bertz CT molecular complexity index is 653. The summed E-state index contributed by atoms with van der Waals surface area (Å²) in [5, 5.41) is 0. The highest BCUT2D eigenvalue weighted by Crippen LogP contribution is 2.40. The van der Waals surface area contributed by atoms with E-state index in [2.05, 4.69) is 0 Å². The van der Waals surface area contributed by atoms with Gasteiger partial charge in [-0.3, -0.25) is 0 Å². The van der Waals surface area contributed by atoms with Gasteiger partial charge in [0.15, 0.2) is 5.82 Å². The third kappa shape index (κ3) is 2.47. The van der Waals surface area contributed by atoms with Gasteiger partial charge in [-0.15, -0.1) is 11.6 Å². The number of benzene rings is 1. The molecule has 3 nitrogen and oxygen atoms in total. The fourth-order valence-corrected chi connectivity index (χ4v) is 5.31. The van der Waals surface area contributed by atoms with Crippen LogP contribution < -0.4 is 0 Å². The van der Waals surface area contributed by atoms with Crippen molar-refractivity contribution in [2.24, 2.45) is 11.8 Å². The minimum atomic E-state index is -3.93. The molecule has 1 aromatic rings. The minimum Gasteiger partial charge on any atom is -0.207 e. The van der Waals surface area contributed by atoms with Gasteiger partial charge in [-0.25, -0.2) is 17.2 Å². The minimum absolute atomic E-state index is 0.371. The SMILES string of the molecule is O=S(=O)(c1ccc(F)c(CCl)c1F)N1CC2CCCC2C1. The number of hydrogen-bond acceptors (Lipinski definition) is 2. The van der Waals surface area contributed by atoms with Gasteiger partial charge in [-0.05, 0) is 36.8 Å². The predicted molar refractivity (Wildman–Crippen MR) is 75.5 cm³/mol. The summed E-state index contributed by atoms with van der Waals surface area (Å²) in [6, 6.07) is 1.95. The second-order valence-electron chi connectivity index (χ2n) is 5.74. The maximum absolute atomic E-state index is 14.2. The number of rotatable bonds is 3. The molecule has 0 radical (unpaired) electrons. The molecular formula is C14H16ClF2NO2S. The second-order valence-corrected chi connectivity index (χ2v) is 7.92. The van der Waals surface area contributed by atoms with Gasteiger partial charge in [-0.1, -0.05) is 6.42 Å². The normalized spacial score (nSPS) is 26.2. The van der Waals surface area contributed by atoms with E-state index in [4.69, 9.17) is 11.6 Å². The summed E-state index contributed by atoms with van der Waals surface area (Å²) < 4.78 is 54.2. The molecule has 2 aliphatic rings. The Labute approximate surface area is 127 Å². The van der Waals surface area contributed by atoms with E-state index in [0.29, 0.717) is 24.9 Å². The predicted octanol–water partition coefficient (Wildman–Crippen LogP) is 3.12. The molecule has 3 rings (SSSR count). The number of fused-ring (bicyclic) bond motifs is 1. The van der Waals surface area contributed by atoms with Gasteiger partial charge in [0.05, 0.1) is 5.88 Å². The second kappa shape index (κ2) is 5.48. The number of halogens is 3. The van der Waals surface area contributed by atoms with Crippen molar-refractivity contribution in [3.8, 4) is 0 Å². The molecule has 7 heteroatoms. The Kier molecular flexibility index (Phi) is 3.96. The van der Waals surface area contributed by atoms with Crippen molar-refractivity contribution in [2.75, 3.05) is 13.1 Å². The molecule has 2 fully saturated rings. The van der Waals surface area contributed by atoms with Gasteiger partial charge in [0.2, 0.25) is 10.0 Å². The lowest BCUT2D eigenvalue weighted by atomic mass is 10.0. The van der Waals surface area contributed by atoms with Gasteiger partial charge >= 0.3 is 0 Å². The van der Waals surface area contributed by atoms with Gasteiger partial charge in [0.25, 0.3) is 0 Å². The molecule has 2 unspecified atom stereocenters. The van der Waals surface area contributed by atoms with Crippen LogP contribution in [-0.2, 0) is 15.9 Å². The molecule has 0 spiro atoms. The van der Waals surface area contributed by atoms with E-state index >= 15 is 0 Å². The summed E-state index contributed by atoms with van der Waals surface area (Å²) in [6.07, 6.45) is 3.18. The highest BCUT2D eigenvalue weighted by Gasteiger charge is 2.42. The Morgan fingerprint density at radius 2 is 1.81 bits per heavy atom. The Morgan fingerprint density at radius 3 is 2.38 bits per heavy atom. The van der Waals surface area contributed by atoms with Crippen LogP contribution in [0.1, 0.15) is 24.8 Å². The van der Waals surface area contributed by atoms with Gasteiger partial charge in [0.1, 0.15) is 10.7 Å². The van der Waals surface area contributed by atoms with Crippen LogP contribution in [0.25, 0.3) is 0 Å². The standard InChI is InChI=1S/C14H16ClF2NO2S/c15-6-11-12(16)4-5-13(14(11)17)21(19,20)18-7-9-2-1-3-10(9)8-18/h4-5,9-10H,1-3,6-8H2. The van der Waals surface area contributed by atoms with E-state index in [1.54, 1.807) is 0 Å². The molecule has 0 bridgehead atoms. The summed E-state index contributed by atoms with van der Waals surface area (Å²) in [4.78, 5) is -0.473. The first-order chi connectivity index (χ1) is 9.95. The Morgan fingerprint density at radius 1 is 1.19 bits per heavy atom. The van der Waals surface area contributed by atoms with Crippen LogP contribution in [0.2, 0.25) is 0 Å². The molecule has 2 atom stereocenters. The van der Waals surface area contributed by atoms with E-state index in [1.165, 1.54) is 4.31 Å². The van der Waals surface area contributed by atoms with Crippen LogP contribution in [0.3, 0.4) is 0 Å². The molecule has 0 aromatic heterocycles. The Balaban J connectivity index is 1.96. The zero-order valence-corrected chi connectivity index (χ0v) is 12.9. The van der Waals surface area contributed by atoms with Gasteiger partial charge < -0.3 is 0 Å². The van der Waals surface area contributed by atoms with Gasteiger partial charge in [-0.2, -0.15) is 4.31 Å². The quantitative estimate of drug-likeness (QED) is 0.796. The van der Waals surface area contributed by atoms with Crippen LogP contribution in [0, 0.1) is 23.5 Å². The Hall–Kier alpha value is -0.720. The first kappa shape index (κ1) is 15.2. The molecule has 116 valence electrons. The molecule has 1 saturated heterocycles. The lowest BCUT2D eigenvalue weighted by molar-refractivity contribution is 0.439. The molecule has 0 N–H and O–H groups in total. The molecule has 21 heavy (non-hydrogen) atoms. The zero-order valence-electron chi connectivity index (χ0n) is 11.4. The first-order valence-electron chi connectivity index (χ1n) is 6.98. The van der Waals surface area contributed by atoms with E-state index in [9.17, 15) is 17.2 Å². The molecule has 1 saturated carbocycles. The lowest BCUT2D eigenvalue weighted by Gasteiger charge is -2.18. The van der Waals surface area contributed by atoms with Crippen LogP contribution in [0.4, 0.5) is 8.78 Å². The summed E-state index contributed by atoms with van der Waals surface area (Å²) in [5.74, 6) is -1.54. The van der Waals surface area contributed by atoms with Crippen molar-refractivity contribution in [1.29, 1.82) is 0 Å². The molecular weight excluding hydrogens is 320 g/mol. The van der Waals surface area contributed by atoms with E-state index < -0.39 is 38.0 Å². The summed E-state index contributed by atoms with van der Waals surface area (Å²) in [5.41, 5.74) is -0.392. The number of alkyl halides is 1. The summed E-state index contributed by atoms with van der Waals surface area (Å²) >= 11 is 5.51. The highest BCUT2D eigenvalue weighted by molar-refractivity contribution is 7.89. The van der Waals surface area contributed by atoms with Crippen molar-refractivity contribution in [3.05, 3.63) is 29.3 Å². The fraction of sp³-hybridized carbons (Fsp3) is 0.571. The average Bonchev–Trinajstić information content (AvgIpc) is 2.99. The number of hydrogen-bond donors (Lipinski definition) is 0. The van der Waals surface area contributed by atoms with Crippen molar-refractivity contribution in [3.63, 3.8) is 0 Å². The van der Waals surface area contributed by atoms with Gasteiger partial charge in [0, 0.05) is 18.7 Å². The van der Waals surface area contributed by atoms with Crippen molar-refractivity contribution in [1.82, 2.24) is 4.31 Å². The van der Waals surface area contributed by atoms with Crippen LogP contribution >= 0.6 is 11.6 Å². The van der Waals surface area contributed by atoms with Crippen molar-refractivity contribution < 1.29 is 17.2 Å².